The number of nitrogens with zero attached hydrogens (tertiary/aromatic N) is 2. The van der Waals surface area contributed by atoms with Crippen LogP contribution in [-0.2, 0) is 4.79 Å². The summed E-state index contributed by atoms with van der Waals surface area (Å²) < 4.78 is 0. The molecule has 4 nitrogen and oxygen atoms in total. The Kier molecular flexibility index (Phi) is 2.81. The fraction of sp³-hybridized carbons (Fsp3) is 0.250. The Morgan fingerprint density at radius 1 is 1.62 bits per heavy atom. The molecule has 1 aromatic heterocycles. The molecule has 2 heterocycles. The first kappa shape index (κ1) is 10.5. The number of aromatic nitrogens is 1. The number of likely N-dealkylation sites (tertiary alicyclic amines) is 1. The minimum Gasteiger partial charge on any atom is -0.319 e. The lowest BCUT2D eigenvalue weighted by molar-refractivity contribution is -0.127. The summed E-state index contributed by atoms with van der Waals surface area (Å²) in [5.74, 6) is -0.881. The van der Waals surface area contributed by atoms with Crippen molar-refractivity contribution < 1.29 is 9.59 Å². The van der Waals surface area contributed by atoms with E-state index in [1.165, 1.54) is 17.3 Å². The number of Topliss-reactive ketones (excluding diaryl/α,β-unsaturated/α-hetero) is 1. The van der Waals surface area contributed by atoms with E-state index in [9.17, 15) is 9.59 Å². The summed E-state index contributed by atoms with van der Waals surface area (Å²) in [4.78, 5) is 29.1. The third kappa shape index (κ3) is 1.74. The van der Waals surface area contributed by atoms with Crippen molar-refractivity contribution in [1.29, 1.82) is 0 Å². The number of rotatable bonds is 3. The molecule has 4 heteroatoms. The van der Waals surface area contributed by atoms with Crippen LogP contribution in [0.4, 0.5) is 0 Å². The number of ketones is 1. The minimum absolute atomic E-state index is 0.151. The zero-order valence-corrected chi connectivity index (χ0v) is 8.80. The van der Waals surface area contributed by atoms with E-state index in [1.807, 2.05) is 0 Å². The predicted octanol–water partition coefficient (Wildman–Crippen LogP) is 1.26. The highest BCUT2D eigenvalue weighted by atomic mass is 16.2. The molecule has 0 aromatic carbocycles. The molecular weight excluding hydrogens is 204 g/mol. The molecule has 82 valence electrons. The summed E-state index contributed by atoms with van der Waals surface area (Å²) >= 11 is 0. The van der Waals surface area contributed by atoms with Gasteiger partial charge in [-0.3, -0.25) is 14.6 Å². The summed E-state index contributed by atoms with van der Waals surface area (Å²) in [7, 11) is 0. The van der Waals surface area contributed by atoms with Crippen molar-refractivity contribution in [2.24, 2.45) is 5.92 Å². The van der Waals surface area contributed by atoms with E-state index in [1.54, 1.807) is 18.3 Å². The molecule has 1 aromatic rings. The highest BCUT2D eigenvalue weighted by molar-refractivity contribution is 6.10. The number of carbonyl (C=O) groups excluding carboxylic acids is 2. The van der Waals surface area contributed by atoms with Crippen molar-refractivity contribution in [3.8, 4) is 0 Å². The van der Waals surface area contributed by atoms with Crippen molar-refractivity contribution in [3.63, 3.8) is 0 Å². The van der Waals surface area contributed by atoms with Crippen LogP contribution in [0, 0.1) is 5.92 Å². The molecule has 1 atom stereocenters. The van der Waals surface area contributed by atoms with Crippen molar-refractivity contribution >= 4 is 11.7 Å². The molecule has 16 heavy (non-hydrogen) atoms. The maximum Gasteiger partial charge on any atom is 0.237 e. The van der Waals surface area contributed by atoms with Gasteiger partial charge in [0, 0.05) is 24.5 Å². The van der Waals surface area contributed by atoms with Gasteiger partial charge in [-0.05, 0) is 24.8 Å². The normalized spacial score (nSPS) is 19.9. The van der Waals surface area contributed by atoms with Crippen LogP contribution in [0.2, 0.25) is 0 Å². The summed E-state index contributed by atoms with van der Waals surface area (Å²) in [6.45, 7) is 4.11. The first-order valence-corrected chi connectivity index (χ1v) is 5.11. The number of pyridine rings is 1. The molecule has 1 saturated heterocycles. The molecule has 1 unspecified atom stereocenters. The molecule has 1 fully saturated rings. The Morgan fingerprint density at radius 2 is 2.44 bits per heavy atom. The van der Waals surface area contributed by atoms with E-state index in [2.05, 4.69) is 11.6 Å². The van der Waals surface area contributed by atoms with Crippen LogP contribution in [0.25, 0.3) is 0 Å². The SMILES string of the molecule is C=CN1CCC(C(=O)c2cccnc2)C1=O. The summed E-state index contributed by atoms with van der Waals surface area (Å²) in [5, 5.41) is 0. The first-order chi connectivity index (χ1) is 7.74. The zero-order chi connectivity index (χ0) is 11.5. The predicted molar refractivity (Wildman–Crippen MR) is 58.6 cm³/mol. The average molecular weight is 216 g/mol. The van der Waals surface area contributed by atoms with E-state index >= 15 is 0 Å². The molecule has 2 rings (SSSR count). The van der Waals surface area contributed by atoms with Gasteiger partial charge in [0.25, 0.3) is 0 Å². The average Bonchev–Trinajstić information content (AvgIpc) is 2.70. The number of hydrogen-bond donors (Lipinski definition) is 0. The van der Waals surface area contributed by atoms with Gasteiger partial charge in [0.15, 0.2) is 5.78 Å². The smallest absolute Gasteiger partial charge is 0.237 e. The van der Waals surface area contributed by atoms with Crippen LogP contribution < -0.4 is 0 Å². The maximum atomic E-state index is 12.0. The molecule has 1 aliphatic rings. The second-order valence-electron chi connectivity index (χ2n) is 3.66. The summed E-state index contributed by atoms with van der Waals surface area (Å²) in [6.07, 6.45) is 5.12. The lowest BCUT2D eigenvalue weighted by atomic mass is 9.97. The van der Waals surface area contributed by atoms with E-state index in [0.717, 1.165) is 0 Å². The fourth-order valence-corrected chi connectivity index (χ4v) is 1.84. The Labute approximate surface area is 93.6 Å². The quantitative estimate of drug-likeness (QED) is 0.564. The zero-order valence-electron chi connectivity index (χ0n) is 8.80. The molecule has 0 radical (unpaired) electrons. The minimum atomic E-state index is -0.567. The Morgan fingerprint density at radius 3 is 3.00 bits per heavy atom. The van der Waals surface area contributed by atoms with Gasteiger partial charge in [-0.2, -0.15) is 0 Å². The van der Waals surface area contributed by atoms with Gasteiger partial charge < -0.3 is 4.90 Å². The van der Waals surface area contributed by atoms with Crippen LogP contribution in [0.15, 0.2) is 37.3 Å². The third-order valence-electron chi connectivity index (χ3n) is 2.72. The van der Waals surface area contributed by atoms with Crippen molar-refractivity contribution in [2.45, 2.75) is 6.42 Å². The van der Waals surface area contributed by atoms with Crippen molar-refractivity contribution in [2.75, 3.05) is 6.54 Å². The first-order valence-electron chi connectivity index (χ1n) is 5.11. The summed E-state index contributed by atoms with van der Waals surface area (Å²) in [5.41, 5.74) is 0.492. The van der Waals surface area contributed by atoms with Gasteiger partial charge in [0.2, 0.25) is 5.91 Å². The molecule has 0 spiro atoms. The van der Waals surface area contributed by atoms with E-state index < -0.39 is 5.92 Å². The van der Waals surface area contributed by atoms with Crippen LogP contribution in [0.3, 0.4) is 0 Å². The van der Waals surface area contributed by atoms with Gasteiger partial charge in [0.05, 0.1) is 0 Å². The number of carbonyl (C=O) groups is 2. The molecule has 0 saturated carbocycles. The highest BCUT2D eigenvalue weighted by Gasteiger charge is 2.35. The molecule has 1 amide bonds. The van der Waals surface area contributed by atoms with Crippen molar-refractivity contribution in [1.82, 2.24) is 9.88 Å². The topological polar surface area (TPSA) is 50.3 Å². The standard InChI is InChI=1S/C12H12N2O2/c1-2-14-7-5-10(12(14)16)11(15)9-4-3-6-13-8-9/h2-4,6,8,10H,1,5,7H2. The van der Waals surface area contributed by atoms with Crippen LogP contribution in [0.1, 0.15) is 16.8 Å². The van der Waals surface area contributed by atoms with Gasteiger partial charge in [-0.1, -0.05) is 6.58 Å². The third-order valence-corrected chi connectivity index (χ3v) is 2.72. The molecule has 0 bridgehead atoms. The Bertz CT molecular complexity index is 428. The second kappa shape index (κ2) is 4.26. The van der Waals surface area contributed by atoms with E-state index in [4.69, 9.17) is 0 Å². The highest BCUT2D eigenvalue weighted by Crippen LogP contribution is 2.22. The molecular formula is C12H12N2O2. The lowest BCUT2D eigenvalue weighted by Gasteiger charge is -2.09. The number of amides is 1. The van der Waals surface area contributed by atoms with Gasteiger partial charge in [-0.15, -0.1) is 0 Å². The molecule has 1 aliphatic heterocycles. The van der Waals surface area contributed by atoms with Crippen molar-refractivity contribution in [3.05, 3.63) is 42.9 Å². The van der Waals surface area contributed by atoms with Gasteiger partial charge in [-0.25, -0.2) is 0 Å². The Balaban J connectivity index is 2.19. The van der Waals surface area contributed by atoms with Gasteiger partial charge >= 0.3 is 0 Å². The maximum absolute atomic E-state index is 12.0. The van der Waals surface area contributed by atoms with Crippen LogP contribution >= 0.6 is 0 Å². The Hall–Kier alpha value is -1.97. The molecule has 0 aliphatic carbocycles. The second-order valence-corrected chi connectivity index (χ2v) is 3.66. The largest absolute Gasteiger partial charge is 0.319 e. The fourth-order valence-electron chi connectivity index (χ4n) is 1.84. The number of hydrogen-bond acceptors (Lipinski definition) is 3. The van der Waals surface area contributed by atoms with Gasteiger partial charge in [0.1, 0.15) is 5.92 Å². The van der Waals surface area contributed by atoms with Crippen LogP contribution in [0.5, 0.6) is 0 Å². The van der Waals surface area contributed by atoms with E-state index in [-0.39, 0.29) is 11.7 Å². The van der Waals surface area contributed by atoms with E-state index in [0.29, 0.717) is 18.5 Å². The lowest BCUT2D eigenvalue weighted by Crippen LogP contribution is -2.26. The monoisotopic (exact) mass is 216 g/mol. The summed E-state index contributed by atoms with van der Waals surface area (Å²) in [6, 6.07) is 3.37. The van der Waals surface area contributed by atoms with Crippen LogP contribution in [-0.4, -0.2) is 28.1 Å². The molecule has 0 N–H and O–H groups in total.